The predicted molar refractivity (Wildman–Crippen MR) is 129 cm³/mol. The largest absolute Gasteiger partial charge is 0.488 e. The summed E-state index contributed by atoms with van der Waals surface area (Å²) in [4.78, 5) is 35.7. The summed E-state index contributed by atoms with van der Waals surface area (Å²) in [6.07, 6.45) is 4.54. The molecule has 1 saturated carbocycles. The Balaban J connectivity index is 1.43. The summed E-state index contributed by atoms with van der Waals surface area (Å²) in [6, 6.07) is 8.51. The number of hydrogen-bond donors (Lipinski definition) is 1. The van der Waals surface area contributed by atoms with E-state index in [1.165, 1.54) is 0 Å². The molecule has 2 amide bonds. The van der Waals surface area contributed by atoms with Crippen LogP contribution in [0.2, 0.25) is 0 Å². The number of pyridine rings is 1. The predicted octanol–water partition coefficient (Wildman–Crippen LogP) is 3.59. The summed E-state index contributed by atoms with van der Waals surface area (Å²) in [5, 5.41) is 2.90. The van der Waals surface area contributed by atoms with E-state index in [1.807, 2.05) is 51.4 Å². The van der Waals surface area contributed by atoms with E-state index in [0.29, 0.717) is 24.8 Å². The molecule has 0 bridgehead atoms. The van der Waals surface area contributed by atoms with E-state index in [0.717, 1.165) is 46.4 Å². The Labute approximate surface area is 198 Å². The molecule has 3 aliphatic rings. The van der Waals surface area contributed by atoms with Crippen LogP contribution in [0.25, 0.3) is 22.3 Å². The molecule has 1 saturated heterocycles. The second kappa shape index (κ2) is 7.29. The first-order valence-corrected chi connectivity index (χ1v) is 12.0. The van der Waals surface area contributed by atoms with Crippen molar-refractivity contribution in [3.8, 4) is 17.0 Å². The smallest absolute Gasteiger partial charge is 0.238 e. The molecule has 8 heteroatoms. The molecule has 1 aliphatic carbocycles. The molecule has 0 radical (unpaired) electrons. The number of aromatic nitrogens is 3. The number of hydrogen-bond acceptors (Lipinski definition) is 5. The van der Waals surface area contributed by atoms with Crippen LogP contribution in [0.1, 0.15) is 51.6 Å². The first-order chi connectivity index (χ1) is 16.2. The third-order valence-electron chi connectivity index (χ3n) is 7.56. The van der Waals surface area contributed by atoms with Crippen molar-refractivity contribution in [2.24, 2.45) is 5.92 Å². The quantitative estimate of drug-likeness (QED) is 0.630. The van der Waals surface area contributed by atoms with Crippen LogP contribution in [0.4, 0.5) is 5.82 Å². The zero-order valence-corrected chi connectivity index (χ0v) is 20.0. The molecule has 6 rings (SSSR count). The second-order valence-corrected chi connectivity index (χ2v) is 10.4. The number of benzene rings is 1. The molecule has 2 aliphatic heterocycles. The molecule has 34 heavy (non-hydrogen) atoms. The van der Waals surface area contributed by atoms with E-state index in [1.54, 1.807) is 11.9 Å². The summed E-state index contributed by atoms with van der Waals surface area (Å²) in [5.74, 6) is 1.71. The fraction of sp³-hybridized carbons (Fsp3) is 0.462. The van der Waals surface area contributed by atoms with Crippen LogP contribution in [-0.4, -0.2) is 46.0 Å². The van der Waals surface area contributed by atoms with Crippen LogP contribution in [0.3, 0.4) is 0 Å². The molecular weight excluding hydrogens is 430 g/mol. The Kier molecular flexibility index (Phi) is 4.53. The van der Waals surface area contributed by atoms with Crippen molar-refractivity contribution >= 4 is 28.7 Å². The zero-order valence-electron chi connectivity index (χ0n) is 20.0. The molecule has 4 heterocycles. The van der Waals surface area contributed by atoms with Gasteiger partial charge in [0, 0.05) is 43.1 Å². The Morgan fingerprint density at radius 1 is 1.21 bits per heavy atom. The monoisotopic (exact) mass is 459 g/mol. The molecule has 0 unspecified atom stereocenters. The van der Waals surface area contributed by atoms with Crippen LogP contribution >= 0.6 is 0 Å². The van der Waals surface area contributed by atoms with Crippen molar-refractivity contribution < 1.29 is 14.3 Å². The highest BCUT2D eigenvalue weighted by atomic mass is 16.5. The number of ether oxygens (including phenoxy) is 1. The van der Waals surface area contributed by atoms with Gasteiger partial charge in [-0.25, -0.2) is 9.97 Å². The van der Waals surface area contributed by atoms with Gasteiger partial charge in [0.1, 0.15) is 23.2 Å². The van der Waals surface area contributed by atoms with Crippen molar-refractivity contribution in [2.75, 3.05) is 18.5 Å². The van der Waals surface area contributed by atoms with Crippen LogP contribution in [0.5, 0.6) is 5.75 Å². The highest BCUT2D eigenvalue weighted by molar-refractivity contribution is 6.06. The average Bonchev–Trinajstić information content (AvgIpc) is 3.37. The topological polar surface area (TPSA) is 89.3 Å². The number of amides is 2. The highest BCUT2D eigenvalue weighted by Gasteiger charge is 2.43. The minimum absolute atomic E-state index is 0.0448. The van der Waals surface area contributed by atoms with E-state index in [-0.39, 0.29) is 23.8 Å². The van der Waals surface area contributed by atoms with Gasteiger partial charge in [0.05, 0.1) is 23.0 Å². The fourth-order valence-electron chi connectivity index (χ4n) is 5.24. The Morgan fingerprint density at radius 3 is 2.71 bits per heavy atom. The summed E-state index contributed by atoms with van der Waals surface area (Å²) in [7, 11) is 1.78. The van der Waals surface area contributed by atoms with Gasteiger partial charge in [-0.2, -0.15) is 0 Å². The number of carbonyl (C=O) groups is 2. The molecule has 2 fully saturated rings. The number of anilines is 1. The Bertz CT molecular complexity index is 1340. The second-order valence-electron chi connectivity index (χ2n) is 10.4. The lowest BCUT2D eigenvalue weighted by Crippen LogP contribution is -2.33. The van der Waals surface area contributed by atoms with E-state index in [9.17, 15) is 9.59 Å². The number of rotatable bonds is 5. The molecule has 2 atom stereocenters. The van der Waals surface area contributed by atoms with E-state index < -0.39 is 5.41 Å². The van der Waals surface area contributed by atoms with Gasteiger partial charge in [0.25, 0.3) is 0 Å². The van der Waals surface area contributed by atoms with Gasteiger partial charge in [-0.3, -0.25) is 14.5 Å². The van der Waals surface area contributed by atoms with Crippen molar-refractivity contribution in [1.29, 1.82) is 0 Å². The third kappa shape index (κ3) is 3.19. The number of imidazole rings is 1. The van der Waals surface area contributed by atoms with E-state index >= 15 is 0 Å². The average molecular weight is 460 g/mol. The molecule has 1 N–H and O–H groups in total. The molecule has 3 aromatic rings. The maximum atomic E-state index is 12.7. The van der Waals surface area contributed by atoms with Crippen molar-refractivity contribution in [1.82, 2.24) is 19.9 Å². The minimum Gasteiger partial charge on any atom is -0.488 e. The Hall–Kier alpha value is -3.42. The third-order valence-corrected chi connectivity index (χ3v) is 7.56. The van der Waals surface area contributed by atoms with Gasteiger partial charge in [-0.15, -0.1) is 0 Å². The maximum Gasteiger partial charge on any atom is 0.238 e. The van der Waals surface area contributed by atoms with Gasteiger partial charge in [0.15, 0.2) is 0 Å². The van der Waals surface area contributed by atoms with Crippen LogP contribution in [0.15, 0.2) is 30.6 Å². The van der Waals surface area contributed by atoms with Crippen LogP contribution in [0, 0.1) is 5.92 Å². The van der Waals surface area contributed by atoms with Gasteiger partial charge >= 0.3 is 0 Å². The van der Waals surface area contributed by atoms with Crippen molar-refractivity contribution in [3.63, 3.8) is 0 Å². The number of nitrogens with zero attached hydrogens (tertiary/aromatic N) is 4. The van der Waals surface area contributed by atoms with Gasteiger partial charge < -0.3 is 14.6 Å². The standard InChI is InChI=1S/C26H29N5O3/c1-14(16-11-22(32)27-12-16)34-21-10-15(9-20-23(21)31(13-28-20)17-5-6-17)19-8-7-18-24(29-19)30(4)25(33)26(18,2)3/h7-10,13-14,16-17H,5-6,11-12H2,1-4H3,(H,27,32)/t14-,16-/m1/s1. The van der Waals surface area contributed by atoms with Crippen LogP contribution < -0.4 is 15.0 Å². The Morgan fingerprint density at radius 2 is 2.00 bits per heavy atom. The van der Waals surface area contributed by atoms with Gasteiger partial charge in [-0.1, -0.05) is 6.07 Å². The number of carbonyl (C=O) groups excluding carboxylic acids is 2. The minimum atomic E-state index is -0.584. The molecule has 8 nitrogen and oxygen atoms in total. The number of nitrogens with one attached hydrogen (secondary N) is 1. The normalized spacial score (nSPS) is 22.2. The highest BCUT2D eigenvalue weighted by Crippen LogP contribution is 2.43. The van der Waals surface area contributed by atoms with Crippen molar-refractivity contribution in [2.45, 2.75) is 57.6 Å². The number of likely N-dealkylation sites (N-methyl/N-ethyl adjacent to an activating group) is 1. The van der Waals surface area contributed by atoms with E-state index in [2.05, 4.69) is 9.88 Å². The first-order valence-electron chi connectivity index (χ1n) is 12.0. The lowest BCUT2D eigenvalue weighted by atomic mass is 9.87. The lowest BCUT2D eigenvalue weighted by molar-refractivity contribution is -0.122. The summed E-state index contributed by atoms with van der Waals surface area (Å²) in [5.41, 5.74) is 3.87. The lowest BCUT2D eigenvalue weighted by Gasteiger charge is -2.21. The zero-order chi connectivity index (χ0) is 23.8. The van der Waals surface area contributed by atoms with E-state index in [4.69, 9.17) is 14.7 Å². The summed E-state index contributed by atoms with van der Waals surface area (Å²) >= 11 is 0. The number of fused-ring (bicyclic) bond motifs is 2. The molecular formula is C26H29N5O3. The van der Waals surface area contributed by atoms with Gasteiger partial charge in [0.2, 0.25) is 11.8 Å². The molecule has 0 spiro atoms. The first kappa shape index (κ1) is 21.1. The summed E-state index contributed by atoms with van der Waals surface area (Å²) in [6.45, 7) is 6.53. The molecule has 1 aromatic carbocycles. The van der Waals surface area contributed by atoms with Crippen molar-refractivity contribution in [3.05, 3.63) is 36.2 Å². The van der Waals surface area contributed by atoms with Crippen LogP contribution in [-0.2, 0) is 15.0 Å². The molecule has 176 valence electrons. The molecule has 2 aromatic heterocycles. The maximum absolute atomic E-state index is 12.7. The van der Waals surface area contributed by atoms with Gasteiger partial charge in [-0.05, 0) is 51.8 Å². The summed E-state index contributed by atoms with van der Waals surface area (Å²) < 4.78 is 8.73. The fourth-order valence-corrected chi connectivity index (χ4v) is 5.24. The SMILES string of the molecule is C[C@@H](Oc1cc(-c2ccc3c(n2)N(C)C(=O)C3(C)C)cc2ncn(C3CC3)c12)[C@H]1CNC(=O)C1.